The largest absolute Gasteiger partial charge is 0.482 e. The lowest BCUT2D eigenvalue weighted by Gasteiger charge is -2.34. The van der Waals surface area contributed by atoms with Crippen molar-refractivity contribution in [1.82, 2.24) is 9.80 Å². The summed E-state index contributed by atoms with van der Waals surface area (Å²) in [4.78, 5) is 42.1. The monoisotopic (exact) mass is 431 g/mol. The van der Waals surface area contributed by atoms with Crippen molar-refractivity contribution in [1.29, 1.82) is 0 Å². The molecule has 0 spiro atoms. The van der Waals surface area contributed by atoms with Crippen molar-refractivity contribution in [3.05, 3.63) is 23.8 Å². The van der Waals surface area contributed by atoms with Crippen LogP contribution in [0.15, 0.2) is 18.2 Å². The molecule has 2 aliphatic heterocycles. The van der Waals surface area contributed by atoms with Crippen molar-refractivity contribution in [2.24, 2.45) is 0 Å². The van der Waals surface area contributed by atoms with Gasteiger partial charge in [0.15, 0.2) is 6.61 Å². The van der Waals surface area contributed by atoms with Gasteiger partial charge in [-0.25, -0.2) is 4.79 Å². The van der Waals surface area contributed by atoms with Crippen LogP contribution in [0.4, 0.5) is 10.5 Å². The van der Waals surface area contributed by atoms with Crippen LogP contribution in [-0.4, -0.2) is 73.6 Å². The van der Waals surface area contributed by atoms with Crippen LogP contribution >= 0.6 is 0 Å². The molecule has 0 saturated carbocycles. The van der Waals surface area contributed by atoms with Gasteiger partial charge in [-0.1, -0.05) is 26.8 Å². The summed E-state index contributed by atoms with van der Waals surface area (Å²) in [6.45, 7) is 11.0. The molecule has 3 amide bonds. The van der Waals surface area contributed by atoms with Crippen LogP contribution in [0.25, 0.3) is 0 Å². The fourth-order valence-electron chi connectivity index (χ4n) is 3.81. The second-order valence-electron chi connectivity index (χ2n) is 8.94. The van der Waals surface area contributed by atoms with E-state index < -0.39 is 0 Å². The van der Waals surface area contributed by atoms with Crippen molar-refractivity contribution in [2.45, 2.75) is 46.0 Å². The zero-order chi connectivity index (χ0) is 22.6. The van der Waals surface area contributed by atoms with Crippen LogP contribution in [0.5, 0.6) is 5.75 Å². The smallest absolute Gasteiger partial charge is 0.409 e. The molecule has 2 heterocycles. The highest BCUT2D eigenvalue weighted by Crippen LogP contribution is 2.36. The maximum absolute atomic E-state index is 12.6. The van der Waals surface area contributed by atoms with E-state index >= 15 is 0 Å². The van der Waals surface area contributed by atoms with Gasteiger partial charge in [-0.3, -0.25) is 9.59 Å². The number of rotatable bonds is 5. The number of piperazine rings is 1. The van der Waals surface area contributed by atoms with E-state index in [-0.39, 0.29) is 29.9 Å². The Morgan fingerprint density at radius 3 is 2.42 bits per heavy atom. The number of ether oxygens (including phenoxy) is 2. The van der Waals surface area contributed by atoms with E-state index in [2.05, 4.69) is 20.8 Å². The second kappa shape index (κ2) is 9.58. The normalized spacial score (nSPS) is 16.6. The Balaban J connectivity index is 1.54. The Labute approximate surface area is 184 Å². The number of fused-ring (bicyclic) bond motifs is 1. The summed E-state index contributed by atoms with van der Waals surface area (Å²) in [5.41, 5.74) is 1.87. The Morgan fingerprint density at radius 2 is 1.77 bits per heavy atom. The lowest BCUT2D eigenvalue weighted by atomic mass is 9.86. The van der Waals surface area contributed by atoms with Gasteiger partial charge < -0.3 is 24.2 Å². The molecule has 0 N–H and O–H groups in total. The molecule has 0 atom stereocenters. The lowest BCUT2D eigenvalue weighted by molar-refractivity contribution is -0.133. The van der Waals surface area contributed by atoms with Crippen LogP contribution in [0.3, 0.4) is 0 Å². The Bertz CT molecular complexity index is 825. The molecule has 8 heteroatoms. The second-order valence-corrected chi connectivity index (χ2v) is 8.94. The molecule has 3 rings (SSSR count). The van der Waals surface area contributed by atoms with E-state index in [1.807, 2.05) is 18.2 Å². The molecular weight excluding hydrogens is 398 g/mol. The minimum absolute atomic E-state index is 0.0195. The molecular formula is C23H33N3O5. The van der Waals surface area contributed by atoms with E-state index in [0.29, 0.717) is 57.9 Å². The van der Waals surface area contributed by atoms with Gasteiger partial charge in [0.05, 0.1) is 12.3 Å². The SMILES string of the molecule is CCOC(=O)N1CCN(C(=O)CCCN2C(=O)COc3ccc(C(C)(C)C)cc32)CC1. The molecule has 31 heavy (non-hydrogen) atoms. The average Bonchev–Trinajstić information content (AvgIpc) is 2.74. The van der Waals surface area contributed by atoms with Crippen LogP contribution in [0.1, 0.15) is 46.1 Å². The van der Waals surface area contributed by atoms with Gasteiger partial charge in [0.25, 0.3) is 5.91 Å². The fraction of sp³-hybridized carbons (Fsp3) is 0.609. The summed E-state index contributed by atoms with van der Waals surface area (Å²) in [5.74, 6) is 0.663. The van der Waals surface area contributed by atoms with Crippen molar-refractivity contribution in [3.63, 3.8) is 0 Å². The highest BCUT2D eigenvalue weighted by molar-refractivity contribution is 5.98. The number of anilines is 1. The van der Waals surface area contributed by atoms with E-state index in [0.717, 1.165) is 11.3 Å². The van der Waals surface area contributed by atoms with Crippen molar-refractivity contribution >= 4 is 23.6 Å². The highest BCUT2D eigenvalue weighted by atomic mass is 16.6. The lowest BCUT2D eigenvalue weighted by Crippen LogP contribution is -2.50. The summed E-state index contributed by atoms with van der Waals surface area (Å²) in [7, 11) is 0. The van der Waals surface area contributed by atoms with Crippen LogP contribution < -0.4 is 9.64 Å². The number of benzene rings is 1. The molecule has 1 aromatic rings. The van der Waals surface area contributed by atoms with E-state index in [4.69, 9.17) is 9.47 Å². The maximum Gasteiger partial charge on any atom is 0.409 e. The molecule has 0 unspecified atom stereocenters. The van der Waals surface area contributed by atoms with Crippen molar-refractivity contribution < 1.29 is 23.9 Å². The first-order valence-corrected chi connectivity index (χ1v) is 11.0. The van der Waals surface area contributed by atoms with Crippen molar-refractivity contribution in [3.8, 4) is 5.75 Å². The van der Waals surface area contributed by atoms with Gasteiger partial charge >= 0.3 is 6.09 Å². The third-order valence-electron chi connectivity index (χ3n) is 5.70. The summed E-state index contributed by atoms with van der Waals surface area (Å²) < 4.78 is 10.6. The average molecular weight is 432 g/mol. The molecule has 1 saturated heterocycles. The van der Waals surface area contributed by atoms with Crippen molar-refractivity contribution in [2.75, 3.05) is 50.8 Å². The summed E-state index contributed by atoms with van der Waals surface area (Å²) in [5, 5.41) is 0. The number of amides is 3. The predicted octanol–water partition coefficient (Wildman–Crippen LogP) is 2.79. The predicted molar refractivity (Wildman–Crippen MR) is 117 cm³/mol. The molecule has 0 aliphatic carbocycles. The molecule has 1 aromatic carbocycles. The topological polar surface area (TPSA) is 79.4 Å². The van der Waals surface area contributed by atoms with Crippen LogP contribution in [-0.2, 0) is 19.7 Å². The fourth-order valence-corrected chi connectivity index (χ4v) is 3.81. The summed E-state index contributed by atoms with van der Waals surface area (Å²) in [6.07, 6.45) is 0.605. The number of carbonyl (C=O) groups is 3. The van der Waals surface area contributed by atoms with Gasteiger partial charge in [-0.2, -0.15) is 0 Å². The quantitative estimate of drug-likeness (QED) is 0.716. The number of hydrogen-bond acceptors (Lipinski definition) is 5. The van der Waals surface area contributed by atoms with Crippen LogP contribution in [0, 0.1) is 0 Å². The molecule has 0 radical (unpaired) electrons. The third-order valence-corrected chi connectivity index (χ3v) is 5.70. The van der Waals surface area contributed by atoms with Gasteiger partial charge in [0.1, 0.15) is 5.75 Å². The Kier molecular flexibility index (Phi) is 7.08. The van der Waals surface area contributed by atoms with Gasteiger partial charge in [-0.15, -0.1) is 0 Å². The van der Waals surface area contributed by atoms with E-state index in [9.17, 15) is 14.4 Å². The molecule has 1 fully saturated rings. The molecule has 0 aromatic heterocycles. The van der Waals surface area contributed by atoms with Gasteiger partial charge in [0.2, 0.25) is 5.91 Å². The van der Waals surface area contributed by atoms with E-state index in [1.54, 1.807) is 21.6 Å². The summed E-state index contributed by atoms with van der Waals surface area (Å²) in [6, 6.07) is 5.97. The Hall–Kier alpha value is -2.77. The number of nitrogens with zero attached hydrogens (tertiary/aromatic N) is 3. The first-order valence-electron chi connectivity index (χ1n) is 11.0. The minimum atomic E-state index is -0.325. The van der Waals surface area contributed by atoms with Gasteiger partial charge in [-0.05, 0) is 36.5 Å². The first-order chi connectivity index (χ1) is 14.7. The number of hydrogen-bond donors (Lipinski definition) is 0. The molecule has 170 valence electrons. The van der Waals surface area contributed by atoms with Crippen LogP contribution in [0.2, 0.25) is 0 Å². The third kappa shape index (κ3) is 5.48. The standard InChI is InChI=1S/C23H33N3O5/c1-5-30-22(29)25-13-11-24(12-14-25)20(27)7-6-10-26-18-15-17(23(2,3)4)8-9-19(18)31-16-21(26)28/h8-9,15H,5-7,10-14,16H2,1-4H3. The zero-order valence-corrected chi connectivity index (χ0v) is 19.0. The van der Waals surface area contributed by atoms with Gasteiger partial charge in [0, 0.05) is 39.1 Å². The minimum Gasteiger partial charge on any atom is -0.482 e. The molecule has 2 aliphatic rings. The summed E-state index contributed by atoms with van der Waals surface area (Å²) >= 11 is 0. The number of carbonyl (C=O) groups excluding carboxylic acids is 3. The zero-order valence-electron chi connectivity index (χ0n) is 19.0. The molecule has 0 bridgehead atoms. The Morgan fingerprint density at radius 1 is 1.10 bits per heavy atom. The van der Waals surface area contributed by atoms with E-state index in [1.165, 1.54) is 0 Å². The first kappa shape index (κ1) is 22.9. The molecule has 8 nitrogen and oxygen atoms in total. The maximum atomic E-state index is 12.6. The highest BCUT2D eigenvalue weighted by Gasteiger charge is 2.28.